The summed E-state index contributed by atoms with van der Waals surface area (Å²) >= 11 is 3.15. The summed E-state index contributed by atoms with van der Waals surface area (Å²) in [6.45, 7) is 5.10. The number of thiophene rings is 1. The van der Waals surface area contributed by atoms with Gasteiger partial charge in [0, 0.05) is 23.4 Å². The molecule has 0 unspecified atom stereocenters. The molecule has 2 aliphatic rings. The Morgan fingerprint density at radius 1 is 0.880 bits per heavy atom. The minimum absolute atomic E-state index is 0.116. The Hall–Kier alpha value is -2.20. The summed E-state index contributed by atoms with van der Waals surface area (Å²) < 4.78 is 8.72. The molecule has 0 amide bonds. The van der Waals surface area contributed by atoms with Crippen LogP contribution in [-0.4, -0.2) is 37.1 Å². The SMILES string of the molecule is CCCCCCCCCCCCCCCCCCn1cc(CSc2nc3sc4c(c3c(=O)n2CC(=O)OCC)CCC2(CCCCC2)C4)nn1. The second-order valence-corrected chi connectivity index (χ2v) is 17.1. The zero-order valence-corrected chi connectivity index (χ0v) is 32.8. The highest BCUT2D eigenvalue weighted by atomic mass is 32.2. The summed E-state index contributed by atoms with van der Waals surface area (Å²) in [5, 5.41) is 10.1. The maximum atomic E-state index is 14.0. The Kier molecular flexibility index (Phi) is 16.2. The monoisotopic (exact) mass is 725 g/mol. The lowest BCUT2D eigenvalue weighted by molar-refractivity contribution is -0.144. The molecule has 0 saturated heterocycles. The predicted molar refractivity (Wildman–Crippen MR) is 207 cm³/mol. The number of carbonyl (C=O) groups excluding carboxylic acids is 1. The summed E-state index contributed by atoms with van der Waals surface area (Å²) in [6.07, 6.45) is 33.5. The zero-order valence-electron chi connectivity index (χ0n) is 31.2. The number of hydrogen-bond donors (Lipinski definition) is 0. The van der Waals surface area contributed by atoms with Gasteiger partial charge in [-0.2, -0.15) is 0 Å². The average molecular weight is 726 g/mol. The van der Waals surface area contributed by atoms with Crippen LogP contribution in [-0.2, 0) is 41.2 Å². The van der Waals surface area contributed by atoms with Gasteiger partial charge in [-0.3, -0.25) is 18.8 Å². The lowest BCUT2D eigenvalue weighted by Crippen LogP contribution is -2.31. The number of rotatable bonds is 23. The third-order valence-corrected chi connectivity index (χ3v) is 13.2. The van der Waals surface area contributed by atoms with Crippen LogP contribution in [0.2, 0.25) is 0 Å². The lowest BCUT2D eigenvalue weighted by Gasteiger charge is -2.40. The fraction of sp³-hybridized carbons (Fsp3) is 0.775. The normalized spacial score (nSPS) is 15.6. The van der Waals surface area contributed by atoms with Crippen molar-refractivity contribution in [3.05, 3.63) is 32.7 Å². The highest BCUT2D eigenvalue weighted by Gasteiger charge is 2.38. The highest BCUT2D eigenvalue weighted by Crippen LogP contribution is 2.49. The molecule has 8 nitrogen and oxygen atoms in total. The van der Waals surface area contributed by atoms with Crippen molar-refractivity contribution in [2.45, 2.75) is 192 Å². The van der Waals surface area contributed by atoms with Gasteiger partial charge in [-0.25, -0.2) is 4.98 Å². The van der Waals surface area contributed by atoms with Crippen LogP contribution in [0, 0.1) is 5.41 Å². The molecule has 10 heteroatoms. The molecule has 2 aliphatic carbocycles. The maximum Gasteiger partial charge on any atom is 0.326 e. The van der Waals surface area contributed by atoms with E-state index in [1.807, 2.05) is 10.9 Å². The fourth-order valence-corrected chi connectivity index (χ4v) is 10.5. The number of nitrogens with zero attached hydrogens (tertiary/aromatic N) is 5. The molecule has 3 aromatic rings. The molecule has 50 heavy (non-hydrogen) atoms. The summed E-state index contributed by atoms with van der Waals surface area (Å²) in [7, 11) is 0. The molecule has 1 fully saturated rings. The minimum atomic E-state index is -0.410. The molecule has 1 saturated carbocycles. The van der Waals surface area contributed by atoms with E-state index in [0.717, 1.165) is 42.8 Å². The van der Waals surface area contributed by atoms with Gasteiger partial charge in [0.1, 0.15) is 11.4 Å². The van der Waals surface area contributed by atoms with Crippen LogP contribution >= 0.6 is 23.1 Å². The number of esters is 1. The number of thioether (sulfide) groups is 1. The Morgan fingerprint density at radius 3 is 2.16 bits per heavy atom. The minimum Gasteiger partial charge on any atom is -0.465 e. The molecule has 3 heterocycles. The summed E-state index contributed by atoms with van der Waals surface area (Å²) in [5.41, 5.74) is 2.30. The van der Waals surface area contributed by atoms with Gasteiger partial charge in [-0.05, 0) is 56.4 Å². The summed E-state index contributed by atoms with van der Waals surface area (Å²) in [4.78, 5) is 33.8. The number of hydrogen-bond acceptors (Lipinski definition) is 8. The van der Waals surface area contributed by atoms with Crippen LogP contribution in [0.1, 0.15) is 171 Å². The topological polar surface area (TPSA) is 91.9 Å². The molecule has 0 radical (unpaired) electrons. The first-order valence-corrected chi connectivity index (χ1v) is 22.0. The summed E-state index contributed by atoms with van der Waals surface area (Å²) in [6, 6.07) is 0. The Morgan fingerprint density at radius 2 is 1.52 bits per heavy atom. The van der Waals surface area contributed by atoms with E-state index in [4.69, 9.17) is 9.72 Å². The van der Waals surface area contributed by atoms with Crippen LogP contribution in [0.15, 0.2) is 16.1 Å². The van der Waals surface area contributed by atoms with Gasteiger partial charge in [0.05, 0.1) is 17.7 Å². The van der Waals surface area contributed by atoms with Crippen molar-refractivity contribution in [3.8, 4) is 0 Å². The zero-order chi connectivity index (χ0) is 35.0. The third kappa shape index (κ3) is 11.4. The largest absolute Gasteiger partial charge is 0.465 e. The molecule has 3 aromatic heterocycles. The molecule has 0 aliphatic heterocycles. The molecule has 0 aromatic carbocycles. The van der Waals surface area contributed by atoms with Crippen LogP contribution in [0.5, 0.6) is 0 Å². The molecule has 0 bridgehead atoms. The van der Waals surface area contributed by atoms with Gasteiger partial charge in [0.2, 0.25) is 0 Å². The number of ether oxygens (including phenoxy) is 1. The second-order valence-electron chi connectivity index (χ2n) is 15.1. The van der Waals surface area contributed by atoms with Crippen LogP contribution in [0.3, 0.4) is 0 Å². The van der Waals surface area contributed by atoms with Crippen LogP contribution in [0.4, 0.5) is 0 Å². The van der Waals surface area contributed by atoms with Crippen molar-refractivity contribution < 1.29 is 9.53 Å². The molecule has 0 atom stereocenters. The number of aromatic nitrogens is 5. The van der Waals surface area contributed by atoms with E-state index in [1.165, 1.54) is 155 Å². The van der Waals surface area contributed by atoms with E-state index >= 15 is 0 Å². The standard InChI is InChI=1S/C40H63N5O3S2/c1-3-5-6-7-8-9-10-11-12-13-14-15-16-17-18-22-27-44-29-32(42-43-44)31-49-39-41-37-36(38(47)45(39)30-35(46)48-4-2)33-23-26-40(28-34(33)50-37)24-20-19-21-25-40/h29H,3-28,30-31H2,1-2H3. The number of carbonyl (C=O) groups is 1. The number of aryl methyl sites for hydroxylation is 2. The van der Waals surface area contributed by atoms with E-state index in [9.17, 15) is 9.59 Å². The first-order valence-electron chi connectivity index (χ1n) is 20.2. The Bertz CT molecular complexity index is 1520. The number of fused-ring (bicyclic) bond motifs is 3. The average Bonchev–Trinajstić information content (AvgIpc) is 3.72. The first-order chi connectivity index (χ1) is 24.5. The predicted octanol–water partition coefficient (Wildman–Crippen LogP) is 10.6. The summed E-state index contributed by atoms with van der Waals surface area (Å²) in [5.74, 6) is 0.126. The Balaban J connectivity index is 1.06. The van der Waals surface area contributed by atoms with Gasteiger partial charge in [-0.15, -0.1) is 16.4 Å². The van der Waals surface area contributed by atoms with E-state index in [1.54, 1.807) is 18.3 Å². The van der Waals surface area contributed by atoms with Crippen molar-refractivity contribution in [2.75, 3.05) is 6.61 Å². The van der Waals surface area contributed by atoms with Gasteiger partial charge >= 0.3 is 5.97 Å². The smallest absolute Gasteiger partial charge is 0.326 e. The van der Waals surface area contributed by atoms with Crippen molar-refractivity contribution in [1.29, 1.82) is 0 Å². The molecule has 5 rings (SSSR count). The second kappa shape index (κ2) is 20.7. The van der Waals surface area contributed by atoms with Gasteiger partial charge in [0.15, 0.2) is 5.16 Å². The van der Waals surface area contributed by atoms with E-state index in [2.05, 4.69) is 17.2 Å². The molecular formula is C40H63N5O3S2. The van der Waals surface area contributed by atoms with Crippen molar-refractivity contribution in [1.82, 2.24) is 24.5 Å². The Labute approximate surface area is 308 Å². The maximum absolute atomic E-state index is 14.0. The van der Waals surface area contributed by atoms with Gasteiger partial charge in [0.25, 0.3) is 5.56 Å². The number of unbranched alkanes of at least 4 members (excludes halogenated alkanes) is 15. The highest BCUT2D eigenvalue weighted by molar-refractivity contribution is 7.98. The van der Waals surface area contributed by atoms with E-state index in [0.29, 0.717) is 21.7 Å². The lowest BCUT2D eigenvalue weighted by atomic mass is 9.65. The quantitative estimate of drug-likeness (QED) is 0.0416. The van der Waals surface area contributed by atoms with Gasteiger partial charge in [-0.1, -0.05) is 139 Å². The van der Waals surface area contributed by atoms with Crippen LogP contribution < -0.4 is 5.56 Å². The van der Waals surface area contributed by atoms with Gasteiger partial charge < -0.3 is 4.74 Å². The van der Waals surface area contributed by atoms with Crippen molar-refractivity contribution in [3.63, 3.8) is 0 Å². The molecular weight excluding hydrogens is 663 g/mol. The third-order valence-electron chi connectivity index (χ3n) is 11.1. The first kappa shape index (κ1) is 39.0. The molecule has 1 spiro atoms. The fourth-order valence-electron chi connectivity index (χ4n) is 8.18. The van der Waals surface area contributed by atoms with Crippen molar-refractivity contribution >= 4 is 39.3 Å². The van der Waals surface area contributed by atoms with Crippen LogP contribution in [0.25, 0.3) is 10.2 Å². The van der Waals surface area contributed by atoms with E-state index < -0.39 is 5.97 Å². The molecule has 278 valence electrons. The molecule has 0 N–H and O–H groups in total. The van der Waals surface area contributed by atoms with Crippen molar-refractivity contribution in [2.24, 2.45) is 5.41 Å². The van der Waals surface area contributed by atoms with E-state index in [-0.39, 0.29) is 18.7 Å².